The van der Waals surface area contributed by atoms with Crippen LogP contribution in [0.2, 0.25) is 10.0 Å². The van der Waals surface area contributed by atoms with Gasteiger partial charge in [0.25, 0.3) is 0 Å². The maximum Gasteiger partial charge on any atom is 0.343 e. The Bertz CT molecular complexity index is 2260. The summed E-state index contributed by atoms with van der Waals surface area (Å²) in [6, 6.07) is 38.9. The van der Waals surface area contributed by atoms with Gasteiger partial charge in [0.05, 0.1) is 21.5 Å². The average Bonchev–Trinajstić information content (AvgIpc) is 3.63. The molecule has 0 fully saturated rings. The molecule has 0 radical (unpaired) electrons. The van der Waals surface area contributed by atoms with Crippen molar-refractivity contribution < 1.29 is 31.0 Å². The molecular weight excluding hydrogens is 798 g/mol. The van der Waals surface area contributed by atoms with E-state index in [0.29, 0.717) is 17.3 Å². The van der Waals surface area contributed by atoms with Crippen LogP contribution in [0.5, 0.6) is 0 Å². The van der Waals surface area contributed by atoms with E-state index in [2.05, 4.69) is 81.3 Å². The van der Waals surface area contributed by atoms with Crippen LogP contribution >= 0.6 is 23.2 Å². The summed E-state index contributed by atoms with van der Waals surface area (Å²) in [5.41, 5.74) is 3.76. The lowest BCUT2D eigenvalue weighted by Crippen LogP contribution is -2.46. The Labute approximate surface area is 351 Å². The largest absolute Gasteiger partial charge is 0.744 e. The lowest BCUT2D eigenvalue weighted by molar-refractivity contribution is -0.616. The van der Waals surface area contributed by atoms with Crippen LogP contribution in [-0.2, 0) is 25.9 Å². The van der Waals surface area contributed by atoms with Gasteiger partial charge in [-0.1, -0.05) is 140 Å². The SMILES string of the molecule is C=CC[C@@]1(C)C[C@H](c2cccc(Cl)c2)C(c2ccc(Cl)cc2)[N+]2=C1OC[C@@H]2C(C)C.CC(C)S(=O)O.Cc1ccccc1.O=S(=O)([O-])c1cccc2ccccc12. The molecule has 2 aliphatic rings. The number of allylic oxidation sites excluding steroid dienone is 1. The third-order valence-electron chi connectivity index (χ3n) is 10.1. The van der Waals surface area contributed by atoms with Crippen molar-refractivity contribution in [3.8, 4) is 0 Å². The summed E-state index contributed by atoms with van der Waals surface area (Å²) in [4.78, 5) is -0.157. The number of halogens is 2. The van der Waals surface area contributed by atoms with E-state index in [-0.39, 0.29) is 27.5 Å². The van der Waals surface area contributed by atoms with Crippen molar-refractivity contribution in [2.24, 2.45) is 11.3 Å². The summed E-state index contributed by atoms with van der Waals surface area (Å²) in [5.74, 6) is 1.87. The molecule has 0 saturated carbocycles. The summed E-state index contributed by atoms with van der Waals surface area (Å²) in [7, 11) is -4.38. The van der Waals surface area contributed by atoms with E-state index in [4.69, 9.17) is 32.5 Å². The lowest BCUT2D eigenvalue weighted by atomic mass is 9.69. The smallest absolute Gasteiger partial charge is 0.343 e. The third kappa shape index (κ3) is 12.3. The number of ether oxygens (including phenoxy) is 1. The maximum absolute atomic E-state index is 10.9. The summed E-state index contributed by atoms with van der Waals surface area (Å²) < 4.78 is 59.6. The number of rotatable bonds is 7. The summed E-state index contributed by atoms with van der Waals surface area (Å²) in [6.07, 6.45) is 3.88. The first-order valence-corrected chi connectivity index (χ1v) is 22.3. The van der Waals surface area contributed by atoms with Gasteiger partial charge in [-0.15, -0.1) is 6.58 Å². The molecule has 2 unspecified atom stereocenters. The molecule has 304 valence electrons. The molecule has 11 heteroatoms. The first-order valence-electron chi connectivity index (χ1n) is 18.9. The van der Waals surface area contributed by atoms with Crippen molar-refractivity contribution >= 4 is 61.1 Å². The van der Waals surface area contributed by atoms with E-state index < -0.39 is 21.2 Å². The molecular formula is C46H53Cl2NO6S2. The molecule has 0 amide bonds. The zero-order valence-electron chi connectivity index (χ0n) is 33.3. The van der Waals surface area contributed by atoms with Gasteiger partial charge in [0.15, 0.2) is 29.8 Å². The van der Waals surface area contributed by atoms with Gasteiger partial charge in [-0.25, -0.2) is 12.6 Å². The van der Waals surface area contributed by atoms with Crippen LogP contribution in [0, 0.1) is 18.3 Å². The van der Waals surface area contributed by atoms with Crippen molar-refractivity contribution in [1.82, 2.24) is 0 Å². The monoisotopic (exact) mass is 849 g/mol. The fourth-order valence-corrected chi connectivity index (χ4v) is 8.23. The number of nitrogens with zero attached hydrogens (tertiary/aromatic N) is 1. The highest BCUT2D eigenvalue weighted by Gasteiger charge is 2.57. The number of hydrogen-bond acceptors (Lipinski definition) is 5. The second-order valence-electron chi connectivity index (χ2n) is 15.2. The van der Waals surface area contributed by atoms with Crippen LogP contribution < -0.4 is 0 Å². The quantitative estimate of drug-likeness (QED) is 0.0756. The standard InChI is InChI=1S/C26H30Cl2NO.C10H8O3S.C7H8.C3H8O2S/c1-5-13-26(4)15-22(19-7-6-8-21(28)14-19)24(18-9-11-20(27)12-10-18)29-23(17(2)3)16-30-25(26)29;11-14(12,13)10-7-3-5-8-4-1-2-6-9(8)10;1-7-5-3-2-4-6-7;1-3(2)6(4)5/h5-12,14,17,22-24H,1,13,15-16H2,2-4H3;1-7H,(H,11,12,13);2-6H,1H3;3H,1-2H3,(H,4,5)/q+1;;;/p-1/t22-,23-,24?,26+;;;/m1.../s1. The molecule has 1 N–H and O–H groups in total. The minimum Gasteiger partial charge on any atom is -0.744 e. The molecule has 0 aliphatic carbocycles. The highest BCUT2D eigenvalue weighted by atomic mass is 35.5. The highest BCUT2D eigenvalue weighted by molar-refractivity contribution is 7.86. The zero-order chi connectivity index (χ0) is 41.9. The molecule has 0 spiro atoms. The first kappa shape index (κ1) is 45.9. The summed E-state index contributed by atoms with van der Waals surface area (Å²) in [5, 5.41) is 2.65. The molecule has 5 aromatic rings. The average molecular weight is 851 g/mol. The van der Waals surface area contributed by atoms with Gasteiger partial charge >= 0.3 is 5.90 Å². The second-order valence-corrected chi connectivity index (χ2v) is 18.9. The van der Waals surface area contributed by atoms with E-state index >= 15 is 0 Å². The van der Waals surface area contributed by atoms with Crippen molar-refractivity contribution in [2.45, 2.75) is 82.5 Å². The second kappa shape index (κ2) is 20.7. The summed E-state index contributed by atoms with van der Waals surface area (Å²) >= 11 is 11.0. The van der Waals surface area contributed by atoms with Crippen molar-refractivity contribution in [1.29, 1.82) is 0 Å². The molecule has 2 aliphatic heterocycles. The lowest BCUT2D eigenvalue weighted by Gasteiger charge is -2.39. The fraction of sp³-hybridized carbons (Fsp3) is 0.326. The van der Waals surface area contributed by atoms with Crippen LogP contribution in [0.25, 0.3) is 10.8 Å². The molecule has 5 atom stereocenters. The highest BCUT2D eigenvalue weighted by Crippen LogP contribution is 2.51. The van der Waals surface area contributed by atoms with Crippen molar-refractivity contribution in [3.63, 3.8) is 0 Å². The van der Waals surface area contributed by atoms with Gasteiger partial charge in [-0.2, -0.15) is 4.58 Å². The number of aryl methyl sites for hydroxylation is 1. The minimum absolute atomic E-state index is 0.0959. The Hall–Kier alpha value is -3.83. The van der Waals surface area contributed by atoms with E-state index in [1.165, 1.54) is 22.8 Å². The van der Waals surface area contributed by atoms with Gasteiger partial charge in [0, 0.05) is 21.5 Å². The van der Waals surface area contributed by atoms with Crippen LogP contribution in [0.1, 0.15) is 76.1 Å². The number of benzene rings is 5. The van der Waals surface area contributed by atoms with Gasteiger partial charge in [0.1, 0.15) is 10.1 Å². The molecule has 0 bridgehead atoms. The Morgan fingerprint density at radius 1 is 0.895 bits per heavy atom. The summed E-state index contributed by atoms with van der Waals surface area (Å²) in [6.45, 7) is 17.1. The van der Waals surface area contributed by atoms with Crippen LogP contribution in [0.3, 0.4) is 0 Å². The van der Waals surface area contributed by atoms with Crippen LogP contribution in [0.15, 0.2) is 139 Å². The Morgan fingerprint density at radius 2 is 1.49 bits per heavy atom. The normalized spacial score (nSPS) is 20.5. The van der Waals surface area contributed by atoms with E-state index in [1.807, 2.05) is 42.5 Å². The fourth-order valence-electron chi connectivity index (χ4n) is 7.21. The van der Waals surface area contributed by atoms with Gasteiger partial charge in [-0.05, 0) is 87.2 Å². The van der Waals surface area contributed by atoms with Crippen molar-refractivity contribution in [3.05, 3.63) is 161 Å². The van der Waals surface area contributed by atoms with Crippen LogP contribution in [-0.4, -0.2) is 50.1 Å². The first-order chi connectivity index (χ1) is 27.0. The molecule has 0 aromatic heterocycles. The maximum atomic E-state index is 10.9. The number of fused-ring (bicyclic) bond motifs is 1. The van der Waals surface area contributed by atoms with Gasteiger partial charge in [-0.3, -0.25) is 0 Å². The predicted molar refractivity (Wildman–Crippen MR) is 235 cm³/mol. The molecule has 57 heavy (non-hydrogen) atoms. The third-order valence-corrected chi connectivity index (χ3v) is 12.3. The Kier molecular flexibility index (Phi) is 16.7. The predicted octanol–water partition coefficient (Wildman–Crippen LogP) is 11.6. The minimum atomic E-state index is -4.38. The van der Waals surface area contributed by atoms with Gasteiger partial charge in [0.2, 0.25) is 0 Å². The van der Waals surface area contributed by atoms with E-state index in [1.54, 1.807) is 50.2 Å². The van der Waals surface area contributed by atoms with Crippen molar-refractivity contribution in [2.75, 3.05) is 6.61 Å². The topological polar surface area (TPSA) is 107 Å². The molecule has 0 saturated heterocycles. The Balaban J connectivity index is 0.000000217. The van der Waals surface area contributed by atoms with E-state index in [9.17, 15) is 17.2 Å². The molecule has 7 rings (SSSR count). The molecule has 7 nitrogen and oxygen atoms in total. The Morgan fingerprint density at radius 3 is 2.04 bits per heavy atom. The number of hydrogen-bond donors (Lipinski definition) is 1. The zero-order valence-corrected chi connectivity index (χ0v) is 36.5. The molecule has 2 heterocycles. The van der Waals surface area contributed by atoms with Gasteiger partial charge < -0.3 is 13.8 Å². The molecule has 5 aromatic carbocycles. The van der Waals surface area contributed by atoms with Crippen LogP contribution in [0.4, 0.5) is 0 Å². The van der Waals surface area contributed by atoms with E-state index in [0.717, 1.165) is 40.8 Å².